The Morgan fingerprint density at radius 2 is 2.08 bits per heavy atom. The minimum absolute atomic E-state index is 0. The number of rotatable bonds is 0. The van der Waals surface area contributed by atoms with E-state index in [1.807, 2.05) is 0 Å². The Labute approximate surface area is 83.6 Å². The Hall–Kier alpha value is -0.480. The smallest absolute Gasteiger partial charge is 0.407 e. The zero-order chi connectivity index (χ0) is 8.60. The highest BCUT2D eigenvalue weighted by Crippen LogP contribution is 2.33. The zero-order valence-electron chi connectivity index (χ0n) is 7.41. The van der Waals surface area contributed by atoms with Gasteiger partial charge < -0.3 is 15.8 Å². The molecule has 2 rings (SSSR count). The van der Waals surface area contributed by atoms with Crippen LogP contribution < -0.4 is 11.1 Å². The number of nitrogens with one attached hydrogen (secondary N) is 1. The van der Waals surface area contributed by atoms with Crippen molar-refractivity contribution < 1.29 is 9.53 Å². The lowest BCUT2D eigenvalue weighted by Gasteiger charge is -2.33. The molecule has 0 aromatic rings. The lowest BCUT2D eigenvalue weighted by Crippen LogP contribution is -2.41. The van der Waals surface area contributed by atoms with Gasteiger partial charge >= 0.3 is 6.09 Å². The first kappa shape index (κ1) is 10.6. The first-order valence-electron chi connectivity index (χ1n) is 4.43. The van der Waals surface area contributed by atoms with Crippen molar-refractivity contribution in [2.24, 2.45) is 5.73 Å². The summed E-state index contributed by atoms with van der Waals surface area (Å²) in [6, 6.07) is 0.301. The predicted octanol–water partition coefficient (Wildman–Crippen LogP) is 0.788. The molecule has 1 spiro atoms. The predicted molar refractivity (Wildman–Crippen MR) is 50.9 cm³/mol. The van der Waals surface area contributed by atoms with Crippen LogP contribution in [-0.2, 0) is 4.74 Å². The molecule has 1 aliphatic carbocycles. The van der Waals surface area contributed by atoms with Gasteiger partial charge in [0.2, 0.25) is 0 Å². The highest BCUT2D eigenvalue weighted by Gasteiger charge is 2.42. The van der Waals surface area contributed by atoms with Crippen LogP contribution in [0, 0.1) is 0 Å². The Morgan fingerprint density at radius 3 is 2.54 bits per heavy atom. The molecule has 1 saturated carbocycles. The minimum Gasteiger partial charge on any atom is -0.441 e. The monoisotopic (exact) mass is 206 g/mol. The third-order valence-electron chi connectivity index (χ3n) is 2.81. The summed E-state index contributed by atoms with van der Waals surface area (Å²) in [6.07, 6.45) is 3.48. The average molecular weight is 207 g/mol. The maximum atomic E-state index is 10.8. The molecule has 0 atom stereocenters. The summed E-state index contributed by atoms with van der Waals surface area (Å²) in [7, 11) is 0. The van der Waals surface area contributed by atoms with E-state index in [1.54, 1.807) is 0 Å². The second-order valence-corrected chi connectivity index (χ2v) is 3.76. The molecule has 0 aromatic heterocycles. The van der Waals surface area contributed by atoms with Crippen LogP contribution in [0.3, 0.4) is 0 Å². The molecule has 76 valence electrons. The number of carbonyl (C=O) groups is 1. The van der Waals surface area contributed by atoms with Crippen molar-refractivity contribution in [2.45, 2.75) is 37.3 Å². The van der Waals surface area contributed by atoms with Gasteiger partial charge in [0.05, 0.1) is 6.54 Å². The topological polar surface area (TPSA) is 64.3 Å². The van der Waals surface area contributed by atoms with Gasteiger partial charge in [-0.15, -0.1) is 12.4 Å². The summed E-state index contributed by atoms with van der Waals surface area (Å²) in [6.45, 7) is 0.665. The van der Waals surface area contributed by atoms with E-state index in [1.165, 1.54) is 0 Å². The molecule has 0 bridgehead atoms. The van der Waals surface area contributed by atoms with Gasteiger partial charge in [-0.05, 0) is 25.7 Å². The normalized spacial score (nSPS) is 37.9. The molecule has 1 heterocycles. The second-order valence-electron chi connectivity index (χ2n) is 3.76. The fourth-order valence-corrected chi connectivity index (χ4v) is 1.95. The van der Waals surface area contributed by atoms with Crippen LogP contribution in [0.4, 0.5) is 4.79 Å². The molecule has 1 saturated heterocycles. The quantitative estimate of drug-likeness (QED) is 0.616. The van der Waals surface area contributed by atoms with E-state index in [2.05, 4.69) is 5.32 Å². The summed E-state index contributed by atoms with van der Waals surface area (Å²) in [5.74, 6) is 0. The first-order valence-corrected chi connectivity index (χ1v) is 4.43. The van der Waals surface area contributed by atoms with E-state index in [9.17, 15) is 4.79 Å². The summed E-state index contributed by atoms with van der Waals surface area (Å²) in [4.78, 5) is 10.8. The van der Waals surface area contributed by atoms with Gasteiger partial charge in [0.1, 0.15) is 5.60 Å². The van der Waals surface area contributed by atoms with Crippen LogP contribution in [0.25, 0.3) is 0 Å². The minimum atomic E-state index is -0.273. The van der Waals surface area contributed by atoms with Crippen LogP contribution in [0.2, 0.25) is 0 Å². The van der Waals surface area contributed by atoms with Gasteiger partial charge in [0, 0.05) is 6.04 Å². The molecule has 4 nitrogen and oxygen atoms in total. The number of hydrogen-bond donors (Lipinski definition) is 2. The van der Waals surface area contributed by atoms with E-state index < -0.39 is 0 Å². The van der Waals surface area contributed by atoms with Gasteiger partial charge in [-0.25, -0.2) is 4.79 Å². The molecular formula is C8H15ClN2O2. The van der Waals surface area contributed by atoms with Crippen LogP contribution in [-0.4, -0.2) is 24.3 Å². The lowest BCUT2D eigenvalue weighted by molar-refractivity contribution is 0.0219. The van der Waals surface area contributed by atoms with E-state index in [4.69, 9.17) is 10.5 Å². The van der Waals surface area contributed by atoms with Crippen molar-refractivity contribution in [3.63, 3.8) is 0 Å². The van der Waals surface area contributed by atoms with Crippen LogP contribution >= 0.6 is 12.4 Å². The third-order valence-corrected chi connectivity index (χ3v) is 2.81. The van der Waals surface area contributed by atoms with E-state index in [-0.39, 0.29) is 24.1 Å². The van der Waals surface area contributed by atoms with E-state index >= 15 is 0 Å². The molecule has 5 heteroatoms. The van der Waals surface area contributed by atoms with E-state index in [0.29, 0.717) is 12.6 Å². The summed E-state index contributed by atoms with van der Waals surface area (Å²) < 4.78 is 5.23. The van der Waals surface area contributed by atoms with Crippen molar-refractivity contribution in [1.29, 1.82) is 0 Å². The van der Waals surface area contributed by atoms with Crippen molar-refractivity contribution in [1.82, 2.24) is 5.32 Å². The molecule has 2 fully saturated rings. The van der Waals surface area contributed by atoms with Crippen molar-refractivity contribution in [3.8, 4) is 0 Å². The molecule has 0 unspecified atom stereocenters. The van der Waals surface area contributed by atoms with E-state index in [0.717, 1.165) is 25.7 Å². The second kappa shape index (κ2) is 3.72. The number of ether oxygens (including phenoxy) is 1. The fourth-order valence-electron chi connectivity index (χ4n) is 1.95. The highest BCUT2D eigenvalue weighted by molar-refractivity contribution is 5.85. The molecule has 13 heavy (non-hydrogen) atoms. The Bertz CT molecular complexity index is 202. The molecule has 2 aliphatic rings. The van der Waals surface area contributed by atoms with Gasteiger partial charge in [0.15, 0.2) is 0 Å². The summed E-state index contributed by atoms with van der Waals surface area (Å²) >= 11 is 0. The summed E-state index contributed by atoms with van der Waals surface area (Å²) in [5, 5.41) is 2.69. The molecule has 0 aromatic carbocycles. The number of hydrogen-bond acceptors (Lipinski definition) is 3. The molecule has 3 N–H and O–H groups in total. The van der Waals surface area contributed by atoms with Gasteiger partial charge in [-0.2, -0.15) is 0 Å². The number of alkyl carbamates (subject to hydrolysis) is 1. The standard InChI is InChI=1S/C8H14N2O2.ClH/c9-6-1-3-8(4-2-6)5-10-7(11)12-8;/h6H,1-5,9H2,(H,10,11);1H. The van der Waals surface area contributed by atoms with Gasteiger partial charge in [-0.3, -0.25) is 0 Å². The van der Waals surface area contributed by atoms with Gasteiger partial charge in [0.25, 0.3) is 0 Å². The number of halogens is 1. The SMILES string of the molecule is Cl.NC1CCC2(CC1)CNC(=O)O2. The van der Waals surface area contributed by atoms with Crippen LogP contribution in [0.5, 0.6) is 0 Å². The number of nitrogens with two attached hydrogens (primary N) is 1. The number of amides is 1. The zero-order valence-corrected chi connectivity index (χ0v) is 8.23. The maximum Gasteiger partial charge on any atom is 0.407 e. The van der Waals surface area contributed by atoms with Crippen molar-refractivity contribution in [2.75, 3.05) is 6.54 Å². The average Bonchev–Trinajstić information content (AvgIpc) is 2.40. The first-order chi connectivity index (χ1) is 5.70. The molecule has 0 radical (unpaired) electrons. The third kappa shape index (κ3) is 2.06. The fraction of sp³-hybridized carbons (Fsp3) is 0.875. The molecule has 1 amide bonds. The maximum absolute atomic E-state index is 10.8. The van der Waals surface area contributed by atoms with Crippen LogP contribution in [0.15, 0.2) is 0 Å². The number of carbonyl (C=O) groups excluding carboxylic acids is 1. The Morgan fingerprint density at radius 1 is 1.46 bits per heavy atom. The van der Waals surface area contributed by atoms with Crippen molar-refractivity contribution in [3.05, 3.63) is 0 Å². The lowest BCUT2D eigenvalue weighted by atomic mass is 9.83. The molecule has 1 aliphatic heterocycles. The van der Waals surface area contributed by atoms with Crippen molar-refractivity contribution >= 4 is 18.5 Å². The Balaban J connectivity index is 0.000000845. The summed E-state index contributed by atoms with van der Waals surface area (Å²) in [5.41, 5.74) is 5.54. The largest absolute Gasteiger partial charge is 0.441 e. The van der Waals surface area contributed by atoms with Gasteiger partial charge in [-0.1, -0.05) is 0 Å². The molecular weight excluding hydrogens is 192 g/mol. The Kier molecular flexibility index (Phi) is 3.03. The highest BCUT2D eigenvalue weighted by atomic mass is 35.5. The van der Waals surface area contributed by atoms with Crippen LogP contribution in [0.1, 0.15) is 25.7 Å².